The minimum atomic E-state index is 0.199. The third-order valence-corrected chi connectivity index (χ3v) is 6.95. The van der Waals surface area contributed by atoms with E-state index in [0.29, 0.717) is 6.54 Å². The third-order valence-electron chi connectivity index (χ3n) is 6.95. The molecule has 0 aromatic heterocycles. The number of hydrogen-bond donors (Lipinski definition) is 3. The molecule has 180 valence electrons. The van der Waals surface area contributed by atoms with Crippen LogP contribution in [0.2, 0.25) is 0 Å². The topological polar surface area (TPSA) is 69.1 Å². The molecule has 2 aliphatic rings. The highest BCUT2D eigenvalue weighted by Gasteiger charge is 2.31. The number of guanidine groups is 1. The lowest BCUT2D eigenvalue weighted by atomic mass is 9.72. The first-order valence-corrected chi connectivity index (χ1v) is 12.6. The fraction of sp³-hybridized carbons (Fsp3) is 0.731. The van der Waals surface area contributed by atoms with Gasteiger partial charge >= 0.3 is 0 Å². The molecule has 32 heavy (non-hydrogen) atoms. The normalized spacial score (nSPS) is 24.3. The molecule has 3 N–H and O–H groups in total. The third kappa shape index (κ3) is 7.46. The fourth-order valence-corrected chi connectivity index (χ4v) is 5.35. The molecule has 1 saturated carbocycles. The molecule has 2 atom stereocenters. The van der Waals surface area contributed by atoms with Crippen molar-refractivity contribution in [2.24, 2.45) is 10.4 Å². The number of aliphatic hydroxyl groups is 1. The summed E-state index contributed by atoms with van der Waals surface area (Å²) < 4.78 is 5.90. The Morgan fingerprint density at radius 3 is 2.44 bits per heavy atom. The van der Waals surface area contributed by atoms with Gasteiger partial charge in [0.1, 0.15) is 0 Å². The highest BCUT2D eigenvalue weighted by molar-refractivity contribution is 5.79. The molecule has 0 bridgehead atoms. The Morgan fingerprint density at radius 1 is 1.09 bits per heavy atom. The molecular weight excluding hydrogens is 400 g/mol. The van der Waals surface area contributed by atoms with Crippen molar-refractivity contribution in [1.29, 1.82) is 0 Å². The molecule has 3 rings (SSSR count). The molecule has 0 spiro atoms. The molecule has 1 heterocycles. The summed E-state index contributed by atoms with van der Waals surface area (Å²) in [6, 6.07) is 8.66. The molecule has 6 heteroatoms. The molecule has 1 aromatic carbocycles. The Morgan fingerprint density at radius 2 is 1.78 bits per heavy atom. The van der Waals surface area contributed by atoms with Gasteiger partial charge in [0.2, 0.25) is 0 Å². The molecule has 2 fully saturated rings. The van der Waals surface area contributed by atoms with Crippen LogP contribution in [0.5, 0.6) is 0 Å². The second-order valence-corrected chi connectivity index (χ2v) is 9.80. The monoisotopic (exact) mass is 444 g/mol. The number of aliphatic imine (C=N–C) groups is 1. The first kappa shape index (κ1) is 25.0. The van der Waals surface area contributed by atoms with Crippen molar-refractivity contribution in [1.82, 2.24) is 15.5 Å². The quantitative estimate of drug-likeness (QED) is 0.400. The minimum absolute atomic E-state index is 0.199. The lowest BCUT2D eigenvalue weighted by Crippen LogP contribution is -2.45. The van der Waals surface area contributed by atoms with Crippen LogP contribution in [0.15, 0.2) is 29.3 Å². The standard InChI is InChI=1S/C26H44N4O2/c1-4-27-25(29-20-26(14-15-31)12-8-5-9-13-26)28-16-23-10-6-7-11-24(23)19-30-17-21(2)32-22(3)18-30/h6-7,10-11,21-22,31H,4-5,8-9,12-20H2,1-3H3,(H2,27,28,29). The SMILES string of the molecule is CCNC(=NCc1ccccc1CN1CC(C)OC(C)C1)NCC1(CCO)CCCCC1. The van der Waals surface area contributed by atoms with Gasteiger partial charge in [-0.25, -0.2) is 4.99 Å². The van der Waals surface area contributed by atoms with Gasteiger partial charge in [0.25, 0.3) is 0 Å². The zero-order chi connectivity index (χ0) is 22.8. The molecular formula is C26H44N4O2. The first-order valence-electron chi connectivity index (χ1n) is 12.6. The summed E-state index contributed by atoms with van der Waals surface area (Å²) in [6.07, 6.45) is 7.66. The van der Waals surface area contributed by atoms with Crippen molar-refractivity contribution in [2.45, 2.75) is 84.6 Å². The van der Waals surface area contributed by atoms with E-state index >= 15 is 0 Å². The molecule has 6 nitrogen and oxygen atoms in total. The smallest absolute Gasteiger partial charge is 0.191 e. The molecule has 1 aliphatic carbocycles. The first-order chi connectivity index (χ1) is 15.5. The zero-order valence-corrected chi connectivity index (χ0v) is 20.4. The van der Waals surface area contributed by atoms with Crippen molar-refractivity contribution in [3.8, 4) is 0 Å². The molecule has 1 saturated heterocycles. The van der Waals surface area contributed by atoms with E-state index in [1.54, 1.807) is 0 Å². The number of nitrogens with zero attached hydrogens (tertiary/aromatic N) is 2. The van der Waals surface area contributed by atoms with Gasteiger partial charge in [-0.15, -0.1) is 0 Å². The number of rotatable bonds is 9. The Bertz CT molecular complexity index is 702. The number of aliphatic hydroxyl groups excluding tert-OH is 1. The molecule has 0 radical (unpaired) electrons. The van der Waals surface area contributed by atoms with Crippen molar-refractivity contribution in [3.63, 3.8) is 0 Å². The van der Waals surface area contributed by atoms with Crippen LogP contribution in [-0.4, -0.2) is 61.0 Å². The van der Waals surface area contributed by atoms with E-state index in [0.717, 1.165) is 45.1 Å². The van der Waals surface area contributed by atoms with Crippen LogP contribution in [0.1, 0.15) is 70.4 Å². The summed E-state index contributed by atoms with van der Waals surface area (Å²) in [4.78, 5) is 7.42. The summed E-state index contributed by atoms with van der Waals surface area (Å²) >= 11 is 0. The van der Waals surface area contributed by atoms with Crippen LogP contribution in [0.25, 0.3) is 0 Å². The van der Waals surface area contributed by atoms with Crippen LogP contribution in [-0.2, 0) is 17.8 Å². The number of hydrogen-bond acceptors (Lipinski definition) is 4. The number of benzene rings is 1. The van der Waals surface area contributed by atoms with Crippen LogP contribution >= 0.6 is 0 Å². The van der Waals surface area contributed by atoms with Gasteiger partial charge in [-0.2, -0.15) is 0 Å². The second kappa shape index (κ2) is 12.6. The van der Waals surface area contributed by atoms with E-state index in [1.807, 2.05) is 0 Å². The maximum absolute atomic E-state index is 9.62. The van der Waals surface area contributed by atoms with Gasteiger partial charge < -0.3 is 20.5 Å². The van der Waals surface area contributed by atoms with E-state index in [-0.39, 0.29) is 24.2 Å². The maximum atomic E-state index is 9.62. The predicted octanol–water partition coefficient (Wildman–Crippen LogP) is 3.68. The fourth-order valence-electron chi connectivity index (χ4n) is 5.35. The van der Waals surface area contributed by atoms with E-state index in [2.05, 4.69) is 60.6 Å². The number of nitrogens with one attached hydrogen (secondary N) is 2. The molecule has 2 unspecified atom stereocenters. The Labute approximate surface area is 194 Å². The average Bonchev–Trinajstić information content (AvgIpc) is 2.77. The van der Waals surface area contributed by atoms with Crippen molar-refractivity contribution in [2.75, 3.05) is 32.8 Å². The summed E-state index contributed by atoms with van der Waals surface area (Å²) in [5.74, 6) is 0.874. The van der Waals surface area contributed by atoms with E-state index in [4.69, 9.17) is 9.73 Å². The Balaban J connectivity index is 1.64. The average molecular weight is 445 g/mol. The largest absolute Gasteiger partial charge is 0.396 e. The summed E-state index contributed by atoms with van der Waals surface area (Å²) in [7, 11) is 0. The second-order valence-electron chi connectivity index (χ2n) is 9.80. The van der Waals surface area contributed by atoms with E-state index in [9.17, 15) is 5.11 Å². The Kier molecular flexibility index (Phi) is 9.82. The van der Waals surface area contributed by atoms with E-state index < -0.39 is 0 Å². The van der Waals surface area contributed by atoms with Gasteiger partial charge in [-0.3, -0.25) is 4.90 Å². The lowest BCUT2D eigenvalue weighted by molar-refractivity contribution is -0.0705. The summed E-state index contributed by atoms with van der Waals surface area (Å²) in [5, 5.41) is 16.6. The Hall–Kier alpha value is -1.63. The maximum Gasteiger partial charge on any atom is 0.191 e. The van der Waals surface area contributed by atoms with Gasteiger partial charge in [-0.05, 0) is 56.6 Å². The predicted molar refractivity (Wildman–Crippen MR) is 132 cm³/mol. The number of ether oxygens (including phenoxy) is 1. The van der Waals surface area contributed by atoms with Crippen LogP contribution in [0, 0.1) is 5.41 Å². The van der Waals surface area contributed by atoms with Crippen molar-refractivity contribution in [3.05, 3.63) is 35.4 Å². The van der Waals surface area contributed by atoms with Crippen molar-refractivity contribution < 1.29 is 9.84 Å². The van der Waals surface area contributed by atoms with Gasteiger partial charge in [-0.1, -0.05) is 43.5 Å². The highest BCUT2D eigenvalue weighted by Crippen LogP contribution is 2.38. The van der Waals surface area contributed by atoms with Crippen LogP contribution < -0.4 is 10.6 Å². The van der Waals surface area contributed by atoms with Crippen molar-refractivity contribution >= 4 is 5.96 Å². The van der Waals surface area contributed by atoms with Gasteiger partial charge in [0.15, 0.2) is 5.96 Å². The van der Waals surface area contributed by atoms with Crippen LogP contribution in [0.4, 0.5) is 0 Å². The summed E-state index contributed by atoms with van der Waals surface area (Å²) in [6.45, 7) is 11.9. The minimum Gasteiger partial charge on any atom is -0.396 e. The summed E-state index contributed by atoms with van der Waals surface area (Å²) in [5.41, 5.74) is 2.82. The van der Waals surface area contributed by atoms with E-state index in [1.165, 1.54) is 43.2 Å². The van der Waals surface area contributed by atoms with Gasteiger partial charge in [0, 0.05) is 39.3 Å². The lowest BCUT2D eigenvalue weighted by Gasteiger charge is -2.37. The number of morpholine rings is 1. The van der Waals surface area contributed by atoms with Gasteiger partial charge in [0.05, 0.1) is 18.8 Å². The highest BCUT2D eigenvalue weighted by atomic mass is 16.5. The zero-order valence-electron chi connectivity index (χ0n) is 20.4. The molecule has 0 amide bonds. The molecule has 1 aromatic rings. The van der Waals surface area contributed by atoms with Crippen LogP contribution in [0.3, 0.4) is 0 Å². The molecule has 1 aliphatic heterocycles.